The second-order valence-corrected chi connectivity index (χ2v) is 11.8. The lowest BCUT2D eigenvalue weighted by Crippen LogP contribution is -2.44. The lowest BCUT2D eigenvalue weighted by Gasteiger charge is -2.35. The molecule has 1 unspecified atom stereocenters. The molecule has 1 atom stereocenters. The molecule has 3 aromatic carbocycles. The number of aryl methyl sites for hydroxylation is 1. The van der Waals surface area contributed by atoms with Crippen molar-refractivity contribution in [3.63, 3.8) is 0 Å². The Hall–Kier alpha value is -4.15. The van der Waals surface area contributed by atoms with Gasteiger partial charge in [-0.05, 0) is 55.9 Å². The SMILES string of the molecule is COc1cc2nc(-c3cccc(-c4cccc(OCCCN5CCOCC5)c4F)c3C)n(C)c2cc1N1CCCCC1C(=O)O. The number of anilines is 1. The van der Waals surface area contributed by atoms with Crippen LogP contribution in [0.4, 0.5) is 10.1 Å². The Kier molecular flexibility index (Phi) is 9.23. The zero-order chi connectivity index (χ0) is 31.5. The van der Waals surface area contributed by atoms with Crippen LogP contribution >= 0.6 is 0 Å². The molecule has 9 nitrogen and oxygen atoms in total. The molecular formula is C35H41FN4O5. The van der Waals surface area contributed by atoms with Gasteiger partial charge in [-0.1, -0.05) is 30.3 Å². The third-order valence-corrected chi connectivity index (χ3v) is 9.09. The largest absolute Gasteiger partial charge is 0.495 e. The maximum atomic E-state index is 15.9. The number of rotatable bonds is 10. The van der Waals surface area contributed by atoms with Gasteiger partial charge in [-0.3, -0.25) is 4.90 Å². The third kappa shape index (κ3) is 6.21. The number of aromatic nitrogens is 2. The summed E-state index contributed by atoms with van der Waals surface area (Å²) in [7, 11) is 3.54. The number of nitrogens with zero attached hydrogens (tertiary/aromatic N) is 4. The fourth-order valence-corrected chi connectivity index (χ4v) is 6.61. The normalized spacial score (nSPS) is 17.5. The van der Waals surface area contributed by atoms with Crippen molar-refractivity contribution in [3.8, 4) is 34.0 Å². The first kappa shape index (κ1) is 30.9. The zero-order valence-corrected chi connectivity index (χ0v) is 26.2. The minimum atomic E-state index is -0.829. The molecule has 0 amide bonds. The van der Waals surface area contributed by atoms with E-state index in [1.165, 1.54) is 0 Å². The second-order valence-electron chi connectivity index (χ2n) is 11.8. The highest BCUT2D eigenvalue weighted by Crippen LogP contribution is 2.40. The van der Waals surface area contributed by atoms with Crippen LogP contribution in [0.2, 0.25) is 0 Å². The maximum Gasteiger partial charge on any atom is 0.326 e. The van der Waals surface area contributed by atoms with Gasteiger partial charge >= 0.3 is 5.97 Å². The fourth-order valence-electron chi connectivity index (χ4n) is 6.61. The van der Waals surface area contributed by atoms with Crippen LogP contribution in [-0.4, -0.2) is 84.7 Å². The predicted molar refractivity (Wildman–Crippen MR) is 173 cm³/mol. The van der Waals surface area contributed by atoms with Gasteiger partial charge in [0.15, 0.2) is 11.6 Å². The van der Waals surface area contributed by atoms with Crippen molar-refractivity contribution in [1.82, 2.24) is 14.5 Å². The average molecular weight is 617 g/mol. The van der Waals surface area contributed by atoms with Gasteiger partial charge in [-0.2, -0.15) is 0 Å². The highest BCUT2D eigenvalue weighted by molar-refractivity contribution is 5.90. The molecule has 45 heavy (non-hydrogen) atoms. The van der Waals surface area contributed by atoms with Gasteiger partial charge in [0.1, 0.15) is 17.6 Å². The van der Waals surface area contributed by atoms with Gasteiger partial charge in [0.05, 0.1) is 43.7 Å². The first-order valence-electron chi connectivity index (χ1n) is 15.7. The van der Waals surface area contributed by atoms with Crippen molar-refractivity contribution in [2.24, 2.45) is 7.05 Å². The number of carbonyl (C=O) groups is 1. The highest BCUT2D eigenvalue weighted by atomic mass is 19.1. The number of aliphatic carboxylic acids is 1. The molecule has 0 spiro atoms. The summed E-state index contributed by atoms with van der Waals surface area (Å²) in [5, 5.41) is 9.90. The lowest BCUT2D eigenvalue weighted by molar-refractivity contribution is -0.139. The van der Waals surface area contributed by atoms with E-state index in [4.69, 9.17) is 19.2 Å². The number of ether oxygens (including phenoxy) is 3. The Balaban J connectivity index is 1.29. The van der Waals surface area contributed by atoms with Crippen LogP contribution in [0.25, 0.3) is 33.5 Å². The summed E-state index contributed by atoms with van der Waals surface area (Å²) in [4.78, 5) is 21.3. The summed E-state index contributed by atoms with van der Waals surface area (Å²) in [6.07, 6.45) is 3.21. The second kappa shape index (κ2) is 13.5. The van der Waals surface area contributed by atoms with Crippen LogP contribution < -0.4 is 14.4 Å². The van der Waals surface area contributed by atoms with Crippen LogP contribution in [0, 0.1) is 12.7 Å². The number of piperidine rings is 1. The Morgan fingerprint density at radius 1 is 1.04 bits per heavy atom. The topological polar surface area (TPSA) is 89.3 Å². The van der Waals surface area contributed by atoms with Crippen molar-refractivity contribution < 1.29 is 28.5 Å². The predicted octanol–water partition coefficient (Wildman–Crippen LogP) is 5.91. The van der Waals surface area contributed by atoms with Gasteiger partial charge in [-0.25, -0.2) is 14.2 Å². The van der Waals surface area contributed by atoms with E-state index in [0.717, 1.165) is 91.3 Å². The molecule has 1 aromatic heterocycles. The average Bonchev–Trinajstić information content (AvgIpc) is 3.38. The number of carboxylic acid groups (broad SMARTS) is 1. The van der Waals surface area contributed by atoms with Crippen LogP contribution in [0.1, 0.15) is 31.2 Å². The van der Waals surface area contributed by atoms with Gasteiger partial charge in [0.25, 0.3) is 0 Å². The van der Waals surface area contributed by atoms with E-state index in [1.54, 1.807) is 19.2 Å². The maximum absolute atomic E-state index is 15.9. The Morgan fingerprint density at radius 3 is 2.58 bits per heavy atom. The summed E-state index contributed by atoms with van der Waals surface area (Å²) in [5.41, 5.74) is 5.37. The van der Waals surface area contributed by atoms with Crippen LogP contribution in [0.15, 0.2) is 48.5 Å². The van der Waals surface area contributed by atoms with Gasteiger partial charge in [-0.15, -0.1) is 0 Å². The smallest absolute Gasteiger partial charge is 0.326 e. The number of carboxylic acids is 1. The minimum absolute atomic E-state index is 0.249. The zero-order valence-electron chi connectivity index (χ0n) is 26.2. The molecule has 2 aliphatic rings. The summed E-state index contributed by atoms with van der Waals surface area (Å²) < 4.78 is 34.9. The van der Waals surface area contributed by atoms with E-state index in [9.17, 15) is 9.90 Å². The molecule has 3 heterocycles. The Morgan fingerprint density at radius 2 is 1.80 bits per heavy atom. The van der Waals surface area contributed by atoms with Gasteiger partial charge in [0, 0.05) is 50.4 Å². The summed E-state index contributed by atoms with van der Waals surface area (Å²) in [6.45, 7) is 7.31. The highest BCUT2D eigenvalue weighted by Gasteiger charge is 2.31. The molecule has 1 N–H and O–H groups in total. The number of imidazole rings is 1. The van der Waals surface area contributed by atoms with Crippen LogP contribution in [0.5, 0.6) is 11.5 Å². The number of hydrogen-bond donors (Lipinski definition) is 1. The molecule has 2 saturated heterocycles. The summed E-state index contributed by atoms with van der Waals surface area (Å²) in [6, 6.07) is 14.4. The van der Waals surface area contributed by atoms with E-state index >= 15 is 4.39 Å². The summed E-state index contributed by atoms with van der Waals surface area (Å²) >= 11 is 0. The quantitative estimate of drug-likeness (QED) is 0.220. The molecule has 10 heteroatoms. The van der Waals surface area contributed by atoms with Gasteiger partial charge < -0.3 is 28.8 Å². The fraction of sp³-hybridized carbons (Fsp3) is 0.429. The van der Waals surface area contributed by atoms with Crippen LogP contribution in [-0.2, 0) is 16.6 Å². The molecule has 0 bridgehead atoms. The Bertz CT molecular complexity index is 1680. The molecule has 4 aromatic rings. The lowest BCUT2D eigenvalue weighted by atomic mass is 9.95. The van der Waals surface area contributed by atoms with Crippen molar-refractivity contribution in [2.45, 2.75) is 38.6 Å². The standard InChI is InChI=1S/C35H41FN4O5/c1-23-24(26-11-7-13-31(33(26)36)45-18-8-14-39-16-19-44-20-17-39)9-6-10-25(23)34-37-27-21-32(43-3)30(22-29(27)38(34)2)40-15-5-4-12-28(40)35(41)42/h6-7,9-11,13,21-22,28H,4-5,8,12,14-20H2,1-3H3,(H,41,42). The number of halogens is 1. The molecule has 0 aliphatic carbocycles. The van der Waals surface area contributed by atoms with Crippen LogP contribution in [0.3, 0.4) is 0 Å². The molecule has 6 rings (SSSR count). The van der Waals surface area contributed by atoms with E-state index < -0.39 is 12.0 Å². The molecule has 238 valence electrons. The number of hydrogen-bond acceptors (Lipinski definition) is 7. The first-order valence-corrected chi connectivity index (χ1v) is 15.7. The third-order valence-electron chi connectivity index (χ3n) is 9.09. The van der Waals surface area contributed by atoms with E-state index in [2.05, 4.69) is 4.90 Å². The van der Waals surface area contributed by atoms with Crippen molar-refractivity contribution >= 4 is 22.7 Å². The molecule has 0 saturated carbocycles. The van der Waals surface area contributed by atoms with E-state index in [-0.39, 0.29) is 11.6 Å². The van der Waals surface area contributed by atoms with Crippen molar-refractivity contribution in [1.29, 1.82) is 0 Å². The van der Waals surface area contributed by atoms with Gasteiger partial charge in [0.2, 0.25) is 0 Å². The molecule has 2 fully saturated rings. The number of fused-ring (bicyclic) bond motifs is 1. The van der Waals surface area contributed by atoms with E-state index in [0.29, 0.717) is 30.9 Å². The molecular weight excluding hydrogens is 575 g/mol. The molecule has 2 aliphatic heterocycles. The van der Waals surface area contributed by atoms with Crippen molar-refractivity contribution in [3.05, 3.63) is 59.9 Å². The number of morpholine rings is 1. The minimum Gasteiger partial charge on any atom is -0.495 e. The monoisotopic (exact) mass is 616 g/mol. The number of methoxy groups -OCH3 is 1. The summed E-state index contributed by atoms with van der Waals surface area (Å²) in [5.74, 6) is 0.365. The Labute approximate surface area is 263 Å². The first-order chi connectivity index (χ1) is 21.9. The number of benzene rings is 3. The van der Waals surface area contributed by atoms with E-state index in [1.807, 2.05) is 59.8 Å². The van der Waals surface area contributed by atoms with Crippen molar-refractivity contribution in [2.75, 3.05) is 58.0 Å². The molecule has 0 radical (unpaired) electrons.